The molecule has 2 N–H and O–H groups in total. The van der Waals surface area contributed by atoms with E-state index in [1.54, 1.807) is 29.3 Å². The van der Waals surface area contributed by atoms with Gasteiger partial charge in [-0.2, -0.15) is 13.2 Å². The highest BCUT2D eigenvalue weighted by atomic mass is 32.1. The highest BCUT2D eigenvalue weighted by Gasteiger charge is 2.30. The summed E-state index contributed by atoms with van der Waals surface area (Å²) in [4.78, 5) is 35.5. The molecular formula is C25H22F3N5O2S. The Morgan fingerprint density at radius 2 is 1.92 bits per heavy atom. The molecule has 11 heteroatoms. The van der Waals surface area contributed by atoms with Gasteiger partial charge in [-0.05, 0) is 36.6 Å². The van der Waals surface area contributed by atoms with E-state index in [-0.39, 0.29) is 23.9 Å². The maximum absolute atomic E-state index is 12.9. The molecule has 1 saturated heterocycles. The largest absolute Gasteiger partial charge is 0.416 e. The number of urea groups is 1. The van der Waals surface area contributed by atoms with Crippen molar-refractivity contribution in [3.05, 3.63) is 75.6 Å². The number of halogens is 3. The fourth-order valence-corrected chi connectivity index (χ4v) is 4.16. The Hall–Kier alpha value is -3.75. The lowest BCUT2D eigenvalue weighted by Crippen LogP contribution is -2.48. The third-order valence-corrected chi connectivity index (χ3v) is 6.32. The van der Waals surface area contributed by atoms with E-state index >= 15 is 0 Å². The second-order valence-electron chi connectivity index (χ2n) is 8.11. The number of hydrogen-bond donors (Lipinski definition) is 2. The quantitative estimate of drug-likeness (QED) is 0.405. The molecule has 3 aromatic rings. The first-order valence-corrected chi connectivity index (χ1v) is 11.9. The number of amides is 2. The van der Waals surface area contributed by atoms with Gasteiger partial charge in [-0.25, -0.2) is 9.78 Å². The lowest BCUT2D eigenvalue weighted by Gasteiger charge is -2.26. The normalized spacial score (nSPS) is 13.6. The second kappa shape index (κ2) is 10.9. The molecule has 4 rings (SSSR count). The van der Waals surface area contributed by atoms with Crippen LogP contribution in [-0.2, 0) is 12.6 Å². The van der Waals surface area contributed by atoms with E-state index in [1.165, 1.54) is 11.3 Å². The lowest BCUT2D eigenvalue weighted by atomic mass is 10.00. The maximum Gasteiger partial charge on any atom is 0.416 e. The highest BCUT2D eigenvalue weighted by Crippen LogP contribution is 2.29. The molecule has 3 heterocycles. The Kier molecular flexibility index (Phi) is 7.67. The van der Waals surface area contributed by atoms with E-state index in [9.17, 15) is 22.8 Å². The van der Waals surface area contributed by atoms with Crippen molar-refractivity contribution in [3.8, 4) is 11.8 Å². The minimum Gasteiger partial charge on any atom is -0.322 e. The van der Waals surface area contributed by atoms with E-state index in [1.807, 2.05) is 6.92 Å². The van der Waals surface area contributed by atoms with Gasteiger partial charge in [-0.1, -0.05) is 29.4 Å². The maximum atomic E-state index is 12.9. The van der Waals surface area contributed by atoms with Crippen LogP contribution in [0.1, 0.15) is 37.6 Å². The number of rotatable bonds is 4. The van der Waals surface area contributed by atoms with Crippen LogP contribution >= 0.6 is 11.3 Å². The van der Waals surface area contributed by atoms with E-state index in [0.717, 1.165) is 37.0 Å². The molecule has 7 nitrogen and oxygen atoms in total. The van der Waals surface area contributed by atoms with Crippen molar-refractivity contribution in [2.24, 2.45) is 0 Å². The number of piperazine rings is 1. The van der Waals surface area contributed by atoms with Gasteiger partial charge in [-0.3, -0.25) is 15.1 Å². The van der Waals surface area contributed by atoms with Gasteiger partial charge in [0.05, 0.1) is 23.1 Å². The zero-order valence-electron chi connectivity index (χ0n) is 19.3. The van der Waals surface area contributed by atoms with Crippen molar-refractivity contribution in [1.29, 1.82) is 0 Å². The molecule has 186 valence electrons. The van der Waals surface area contributed by atoms with Gasteiger partial charge < -0.3 is 10.2 Å². The van der Waals surface area contributed by atoms with Gasteiger partial charge in [0, 0.05) is 49.2 Å². The summed E-state index contributed by atoms with van der Waals surface area (Å²) in [5.41, 5.74) is 0.981. The average Bonchev–Trinajstić information content (AvgIpc) is 3.30. The second-order valence-corrected chi connectivity index (χ2v) is 9.14. The molecule has 0 unspecified atom stereocenters. The summed E-state index contributed by atoms with van der Waals surface area (Å²) in [6.45, 7) is 4.60. The average molecular weight is 514 g/mol. The number of benzene rings is 1. The number of alkyl halides is 3. The number of carbonyl (C=O) groups is 2. The fourth-order valence-electron chi connectivity index (χ4n) is 3.50. The van der Waals surface area contributed by atoms with Gasteiger partial charge >= 0.3 is 12.2 Å². The van der Waals surface area contributed by atoms with Gasteiger partial charge in [0.15, 0.2) is 10.9 Å². The van der Waals surface area contributed by atoms with E-state index in [2.05, 4.69) is 32.4 Å². The van der Waals surface area contributed by atoms with Crippen LogP contribution in [0.4, 0.5) is 23.1 Å². The molecule has 1 aliphatic heterocycles. The number of ketones is 1. The third-order valence-electron chi connectivity index (χ3n) is 5.49. The van der Waals surface area contributed by atoms with Crippen molar-refractivity contribution in [1.82, 2.24) is 20.2 Å². The topological polar surface area (TPSA) is 87.2 Å². The first-order valence-electron chi connectivity index (χ1n) is 11.1. The van der Waals surface area contributed by atoms with Crippen LogP contribution in [-0.4, -0.2) is 52.9 Å². The Balaban J connectivity index is 1.44. The first kappa shape index (κ1) is 25.3. The summed E-state index contributed by atoms with van der Waals surface area (Å²) in [7, 11) is 0. The van der Waals surface area contributed by atoms with Gasteiger partial charge in [0.1, 0.15) is 0 Å². The fraction of sp³-hybridized carbons (Fsp3) is 0.280. The molecule has 36 heavy (non-hydrogen) atoms. The zero-order chi connectivity index (χ0) is 25.7. The van der Waals surface area contributed by atoms with Crippen LogP contribution in [0.2, 0.25) is 0 Å². The lowest BCUT2D eigenvalue weighted by molar-refractivity contribution is -0.137. The number of anilines is 1. The molecule has 1 aromatic carbocycles. The van der Waals surface area contributed by atoms with Crippen LogP contribution in [0.25, 0.3) is 0 Å². The van der Waals surface area contributed by atoms with Crippen LogP contribution in [0, 0.1) is 18.8 Å². The molecule has 1 aliphatic rings. The number of thiazole rings is 1. The zero-order valence-corrected chi connectivity index (χ0v) is 20.1. The summed E-state index contributed by atoms with van der Waals surface area (Å²) < 4.78 is 38.8. The molecule has 0 radical (unpaired) electrons. The number of Topliss-reactive ketones (excluding diaryl/α,β-unsaturated/α-hetero) is 1. The van der Waals surface area contributed by atoms with Crippen LogP contribution < -0.4 is 10.6 Å². The standard InChI is InChI=1S/C25H22F3N5O2S/c1-16-2-3-18(22(34)14-20-13-19(6-7-30-20)25(26,27)28)12-17(16)4-5-21-15-31-23(36-21)32-24(35)33-10-8-29-9-11-33/h2-3,6-7,12-13,15,29H,8-11,14H2,1H3,(H,31,32,35). The van der Waals surface area contributed by atoms with Crippen molar-refractivity contribution in [2.75, 3.05) is 31.5 Å². The Labute approximate surface area is 209 Å². The van der Waals surface area contributed by atoms with E-state index < -0.39 is 11.7 Å². The summed E-state index contributed by atoms with van der Waals surface area (Å²) >= 11 is 1.24. The smallest absolute Gasteiger partial charge is 0.322 e. The molecule has 0 spiro atoms. The summed E-state index contributed by atoms with van der Waals surface area (Å²) in [5, 5.41) is 6.41. The molecule has 0 aliphatic carbocycles. The summed E-state index contributed by atoms with van der Waals surface area (Å²) in [6.07, 6.45) is -2.15. The first-order chi connectivity index (χ1) is 17.2. The summed E-state index contributed by atoms with van der Waals surface area (Å²) in [5.74, 6) is 5.66. The van der Waals surface area contributed by atoms with Crippen LogP contribution in [0.5, 0.6) is 0 Å². The van der Waals surface area contributed by atoms with Crippen LogP contribution in [0.15, 0.2) is 42.7 Å². The summed E-state index contributed by atoms with van der Waals surface area (Å²) in [6, 6.07) is 6.52. The number of nitrogens with zero attached hydrogens (tertiary/aromatic N) is 3. The van der Waals surface area contributed by atoms with Gasteiger partial charge in [0.25, 0.3) is 0 Å². The highest BCUT2D eigenvalue weighted by molar-refractivity contribution is 7.16. The van der Waals surface area contributed by atoms with Gasteiger partial charge in [-0.15, -0.1) is 0 Å². The molecule has 2 amide bonds. The van der Waals surface area contributed by atoms with Crippen molar-refractivity contribution in [3.63, 3.8) is 0 Å². The number of hydrogen-bond acceptors (Lipinski definition) is 6. The Bertz CT molecular complexity index is 1340. The van der Waals surface area contributed by atoms with Crippen molar-refractivity contribution in [2.45, 2.75) is 19.5 Å². The number of nitrogens with one attached hydrogen (secondary N) is 2. The van der Waals surface area contributed by atoms with Gasteiger partial charge in [0.2, 0.25) is 0 Å². The van der Waals surface area contributed by atoms with Crippen molar-refractivity contribution >= 4 is 28.3 Å². The number of pyridine rings is 1. The minimum absolute atomic E-state index is 0.0445. The van der Waals surface area contributed by atoms with E-state index in [4.69, 9.17) is 0 Å². The monoisotopic (exact) mass is 513 g/mol. The molecule has 0 saturated carbocycles. The number of aromatic nitrogens is 2. The third kappa shape index (κ3) is 6.47. The SMILES string of the molecule is Cc1ccc(C(=O)Cc2cc(C(F)(F)F)ccn2)cc1C#Cc1cnc(NC(=O)N2CCNCC2)s1. The van der Waals surface area contributed by atoms with Crippen LogP contribution in [0.3, 0.4) is 0 Å². The molecular weight excluding hydrogens is 491 g/mol. The molecule has 0 atom stereocenters. The number of carbonyl (C=O) groups excluding carboxylic acids is 2. The Morgan fingerprint density at radius 3 is 2.67 bits per heavy atom. The van der Waals surface area contributed by atoms with E-state index in [0.29, 0.717) is 34.2 Å². The predicted molar refractivity (Wildman–Crippen MR) is 130 cm³/mol. The minimum atomic E-state index is -4.50. The Morgan fingerprint density at radius 1 is 1.14 bits per heavy atom. The molecule has 1 fully saturated rings. The molecule has 0 bridgehead atoms. The number of aryl methyl sites for hydroxylation is 1. The predicted octanol–water partition coefficient (Wildman–Crippen LogP) is 4.13. The van der Waals surface area contributed by atoms with Crippen molar-refractivity contribution < 1.29 is 22.8 Å². The molecule has 2 aromatic heterocycles.